The van der Waals surface area contributed by atoms with Crippen molar-refractivity contribution in [3.63, 3.8) is 0 Å². The molecule has 0 aromatic heterocycles. The number of nitrogens with zero attached hydrogens (tertiary/aromatic N) is 1. The van der Waals surface area contributed by atoms with Crippen molar-refractivity contribution in [2.45, 2.75) is 37.8 Å². The first-order chi connectivity index (χ1) is 4.38. The second-order valence-corrected chi connectivity index (χ2v) is 3.28. The lowest BCUT2D eigenvalue weighted by Gasteiger charge is -2.30. The van der Waals surface area contributed by atoms with Crippen LogP contribution in [0.1, 0.15) is 25.7 Å². The van der Waals surface area contributed by atoms with Gasteiger partial charge in [0, 0.05) is 12.1 Å². The standard InChI is InChI=1S/C8H14N/c1-9-7-3-2-4-8(9)6-5-7/h3,7-8H,2,4-6H2,1H3. The van der Waals surface area contributed by atoms with Gasteiger partial charge in [0.25, 0.3) is 0 Å². The highest BCUT2D eigenvalue weighted by atomic mass is 15.2. The molecule has 0 aromatic carbocycles. The first kappa shape index (κ1) is 5.72. The van der Waals surface area contributed by atoms with Crippen molar-refractivity contribution >= 4 is 0 Å². The van der Waals surface area contributed by atoms with Gasteiger partial charge in [0.05, 0.1) is 0 Å². The zero-order chi connectivity index (χ0) is 6.27. The average molecular weight is 124 g/mol. The van der Waals surface area contributed by atoms with Gasteiger partial charge in [-0.1, -0.05) is 0 Å². The van der Waals surface area contributed by atoms with Crippen LogP contribution in [-0.4, -0.2) is 24.0 Å². The molecule has 0 N–H and O–H groups in total. The fourth-order valence-corrected chi connectivity index (χ4v) is 2.15. The molecule has 1 radical (unpaired) electrons. The molecule has 2 rings (SSSR count). The van der Waals surface area contributed by atoms with Gasteiger partial charge in [0.15, 0.2) is 0 Å². The second kappa shape index (κ2) is 1.98. The van der Waals surface area contributed by atoms with E-state index in [1.165, 1.54) is 25.7 Å². The summed E-state index contributed by atoms with van der Waals surface area (Å²) >= 11 is 0. The minimum Gasteiger partial charge on any atom is -0.300 e. The van der Waals surface area contributed by atoms with Crippen molar-refractivity contribution in [1.82, 2.24) is 4.90 Å². The van der Waals surface area contributed by atoms with E-state index in [1.54, 1.807) is 0 Å². The Morgan fingerprint density at radius 3 is 2.89 bits per heavy atom. The molecule has 2 fully saturated rings. The van der Waals surface area contributed by atoms with E-state index in [0.717, 1.165) is 12.1 Å². The molecular weight excluding hydrogens is 110 g/mol. The third-order valence-electron chi connectivity index (χ3n) is 2.83. The van der Waals surface area contributed by atoms with Crippen molar-refractivity contribution in [2.75, 3.05) is 7.05 Å². The van der Waals surface area contributed by atoms with Gasteiger partial charge in [-0.25, -0.2) is 0 Å². The topological polar surface area (TPSA) is 3.24 Å². The summed E-state index contributed by atoms with van der Waals surface area (Å²) in [6.07, 6.45) is 8.11. The first-order valence-electron chi connectivity index (χ1n) is 3.93. The second-order valence-electron chi connectivity index (χ2n) is 3.28. The zero-order valence-electron chi connectivity index (χ0n) is 6.01. The van der Waals surface area contributed by atoms with E-state index in [2.05, 4.69) is 18.4 Å². The van der Waals surface area contributed by atoms with Crippen molar-refractivity contribution < 1.29 is 0 Å². The molecule has 9 heavy (non-hydrogen) atoms. The minimum absolute atomic E-state index is 0.837. The van der Waals surface area contributed by atoms with E-state index in [0.29, 0.717) is 0 Å². The Kier molecular flexibility index (Phi) is 1.26. The zero-order valence-corrected chi connectivity index (χ0v) is 6.01. The van der Waals surface area contributed by atoms with Crippen LogP contribution in [0.5, 0.6) is 0 Å². The molecule has 2 heterocycles. The van der Waals surface area contributed by atoms with Gasteiger partial charge in [-0.2, -0.15) is 0 Å². The largest absolute Gasteiger partial charge is 0.300 e. The first-order valence-corrected chi connectivity index (χ1v) is 3.93. The third-order valence-corrected chi connectivity index (χ3v) is 2.83. The van der Waals surface area contributed by atoms with E-state index in [9.17, 15) is 0 Å². The quantitative estimate of drug-likeness (QED) is 0.472. The molecule has 0 aliphatic carbocycles. The van der Waals surface area contributed by atoms with E-state index >= 15 is 0 Å². The predicted octanol–water partition coefficient (Wildman–Crippen LogP) is 1.45. The molecule has 2 unspecified atom stereocenters. The molecule has 0 spiro atoms. The Morgan fingerprint density at radius 2 is 2.22 bits per heavy atom. The smallest absolute Gasteiger partial charge is 0.0127 e. The fourth-order valence-electron chi connectivity index (χ4n) is 2.15. The van der Waals surface area contributed by atoms with E-state index in [1.807, 2.05) is 0 Å². The number of hydrogen-bond acceptors (Lipinski definition) is 1. The summed E-state index contributed by atoms with van der Waals surface area (Å²) in [6, 6.07) is 1.77. The maximum atomic E-state index is 2.53. The highest BCUT2D eigenvalue weighted by Gasteiger charge is 2.33. The summed E-state index contributed by atoms with van der Waals surface area (Å²) in [5.41, 5.74) is 0. The Labute approximate surface area is 57.0 Å². The van der Waals surface area contributed by atoms with Crippen LogP contribution in [-0.2, 0) is 0 Å². The van der Waals surface area contributed by atoms with E-state index in [4.69, 9.17) is 0 Å². The van der Waals surface area contributed by atoms with Crippen LogP contribution in [0.15, 0.2) is 0 Å². The molecule has 2 aliphatic rings. The lowest BCUT2D eigenvalue weighted by Crippen LogP contribution is -2.36. The van der Waals surface area contributed by atoms with Gasteiger partial charge in [0.1, 0.15) is 0 Å². The van der Waals surface area contributed by atoms with Crippen LogP contribution in [0, 0.1) is 6.42 Å². The number of fused-ring (bicyclic) bond motifs is 2. The van der Waals surface area contributed by atoms with E-state index < -0.39 is 0 Å². The summed E-state index contributed by atoms with van der Waals surface area (Å²) < 4.78 is 0. The van der Waals surface area contributed by atoms with Crippen LogP contribution in [0.3, 0.4) is 0 Å². The van der Waals surface area contributed by atoms with Gasteiger partial charge >= 0.3 is 0 Å². The lowest BCUT2D eigenvalue weighted by atomic mass is 10.0. The third kappa shape index (κ3) is 0.787. The Balaban J connectivity index is 2.10. The summed E-state index contributed by atoms with van der Waals surface area (Å²) in [7, 11) is 2.26. The normalized spacial score (nSPS) is 43.7. The molecule has 0 amide bonds. The Bertz CT molecular complexity index is 95.1. The highest BCUT2D eigenvalue weighted by Crippen LogP contribution is 2.32. The molecule has 0 saturated carbocycles. The molecule has 2 aliphatic heterocycles. The van der Waals surface area contributed by atoms with Crippen LogP contribution in [0.2, 0.25) is 0 Å². The molecule has 51 valence electrons. The van der Waals surface area contributed by atoms with Crippen LogP contribution < -0.4 is 0 Å². The van der Waals surface area contributed by atoms with Crippen LogP contribution in [0.4, 0.5) is 0 Å². The Hall–Kier alpha value is -0.0400. The fraction of sp³-hybridized carbons (Fsp3) is 0.875. The minimum atomic E-state index is 0.837. The van der Waals surface area contributed by atoms with Crippen LogP contribution >= 0.6 is 0 Å². The summed E-state index contributed by atoms with van der Waals surface area (Å²) in [4.78, 5) is 2.53. The molecule has 2 bridgehead atoms. The van der Waals surface area contributed by atoms with Crippen molar-refractivity contribution in [1.29, 1.82) is 0 Å². The van der Waals surface area contributed by atoms with Crippen LogP contribution in [0.25, 0.3) is 0 Å². The summed E-state index contributed by atoms with van der Waals surface area (Å²) in [6.45, 7) is 0. The van der Waals surface area contributed by atoms with Gasteiger partial charge < -0.3 is 4.90 Å². The maximum Gasteiger partial charge on any atom is 0.0127 e. The lowest BCUT2D eigenvalue weighted by molar-refractivity contribution is 0.217. The molecule has 0 aromatic rings. The monoisotopic (exact) mass is 124 g/mol. The molecule has 1 heteroatoms. The molecule has 1 nitrogen and oxygen atoms in total. The summed E-state index contributed by atoms with van der Waals surface area (Å²) in [5, 5.41) is 0. The molecule has 2 atom stereocenters. The van der Waals surface area contributed by atoms with Gasteiger partial charge in [-0.3, -0.25) is 0 Å². The number of hydrogen-bond donors (Lipinski definition) is 0. The van der Waals surface area contributed by atoms with Gasteiger partial charge in [-0.05, 0) is 39.2 Å². The average Bonchev–Trinajstić information content (AvgIpc) is 2.19. The summed E-state index contributed by atoms with van der Waals surface area (Å²) in [5.74, 6) is 0. The van der Waals surface area contributed by atoms with Crippen molar-refractivity contribution in [3.05, 3.63) is 6.42 Å². The van der Waals surface area contributed by atoms with Gasteiger partial charge in [0.2, 0.25) is 0 Å². The molecule has 2 saturated heterocycles. The van der Waals surface area contributed by atoms with Crippen molar-refractivity contribution in [3.8, 4) is 0 Å². The van der Waals surface area contributed by atoms with E-state index in [-0.39, 0.29) is 0 Å². The number of piperidine rings is 1. The Morgan fingerprint density at radius 1 is 1.33 bits per heavy atom. The number of rotatable bonds is 0. The highest BCUT2D eigenvalue weighted by molar-refractivity contribution is 4.98. The maximum absolute atomic E-state index is 2.53. The SMILES string of the molecule is CN1C2[CH]CCC1CC2. The molecular formula is C8H14N. The van der Waals surface area contributed by atoms with Crippen molar-refractivity contribution in [2.24, 2.45) is 0 Å². The predicted molar refractivity (Wildman–Crippen MR) is 38.1 cm³/mol. The van der Waals surface area contributed by atoms with Gasteiger partial charge in [-0.15, -0.1) is 0 Å².